The predicted octanol–water partition coefficient (Wildman–Crippen LogP) is 3.73. The number of nitrogens with zero attached hydrogens (tertiary/aromatic N) is 1. The van der Waals surface area contributed by atoms with Crippen LogP contribution in [-0.2, 0) is 33.4 Å². The number of likely N-dealkylation sites (tertiary alicyclic amines) is 1. The summed E-state index contributed by atoms with van der Waals surface area (Å²) < 4.78 is 50.5. The Kier molecular flexibility index (Phi) is 9.02. The lowest BCUT2D eigenvalue weighted by atomic mass is 9.38. The number of esters is 3. The summed E-state index contributed by atoms with van der Waals surface area (Å²) in [7, 11) is 2.06. The second-order valence-corrected chi connectivity index (χ2v) is 15.2. The van der Waals surface area contributed by atoms with Crippen LogP contribution in [0.3, 0.4) is 0 Å². The number of hydrogen-bond donors (Lipinski definition) is 3. The molecule has 49 heavy (non-hydrogen) atoms. The highest BCUT2D eigenvalue weighted by Crippen LogP contribution is 2.85. The maximum Gasteiger partial charge on any atom is 0.490 e. The van der Waals surface area contributed by atoms with Crippen LogP contribution in [0.5, 0.6) is 0 Å². The van der Waals surface area contributed by atoms with E-state index in [4.69, 9.17) is 24.1 Å². The topological polar surface area (TPSA) is 160 Å². The summed E-state index contributed by atoms with van der Waals surface area (Å²) in [5.41, 5.74) is -2.06. The molecule has 6 bridgehead atoms. The van der Waals surface area contributed by atoms with Crippen LogP contribution < -0.4 is 0 Å². The van der Waals surface area contributed by atoms with Gasteiger partial charge in [-0.1, -0.05) is 31.2 Å². The van der Waals surface area contributed by atoms with Crippen molar-refractivity contribution < 1.29 is 61.9 Å². The average Bonchev–Trinajstić information content (AvgIpc) is 3.26. The third kappa shape index (κ3) is 5.02. The summed E-state index contributed by atoms with van der Waals surface area (Å²) in [6.45, 7) is 15.3. The molecule has 0 radical (unpaired) electrons. The molecule has 6 rings (SSSR count). The number of halogens is 3. The molecule has 1 unspecified atom stereocenters. The van der Waals surface area contributed by atoms with Crippen molar-refractivity contribution >= 4 is 23.9 Å². The lowest BCUT2D eigenvalue weighted by Crippen LogP contribution is -2.82. The molecule has 5 saturated carbocycles. The van der Waals surface area contributed by atoms with Crippen molar-refractivity contribution in [1.29, 1.82) is 0 Å². The molecule has 14 heteroatoms. The van der Waals surface area contributed by atoms with Gasteiger partial charge in [0.05, 0.1) is 6.10 Å². The molecule has 1 heterocycles. The minimum atomic E-state index is -5.08. The van der Waals surface area contributed by atoms with Gasteiger partial charge in [-0.3, -0.25) is 4.79 Å². The van der Waals surface area contributed by atoms with Crippen LogP contribution in [0.15, 0.2) is 35.5 Å². The summed E-state index contributed by atoms with van der Waals surface area (Å²) in [5, 5.41) is 31.9. The molecule has 272 valence electrons. The van der Waals surface area contributed by atoms with Crippen LogP contribution in [0.1, 0.15) is 67.2 Å². The summed E-state index contributed by atoms with van der Waals surface area (Å²) in [6, 6.07) is -0.240. The summed E-state index contributed by atoms with van der Waals surface area (Å²) in [5.74, 6) is -5.12. The van der Waals surface area contributed by atoms with Crippen molar-refractivity contribution in [2.24, 2.45) is 34.0 Å². The molecular weight excluding hydrogens is 651 g/mol. The zero-order chi connectivity index (χ0) is 36.8. The summed E-state index contributed by atoms with van der Waals surface area (Å²) >= 11 is 0. The van der Waals surface area contributed by atoms with Crippen molar-refractivity contribution in [2.45, 2.75) is 109 Å². The Balaban J connectivity index is 0.000000606. The van der Waals surface area contributed by atoms with Gasteiger partial charge in [0, 0.05) is 53.3 Å². The smallest absolute Gasteiger partial charge is 0.475 e. The molecule has 0 aromatic rings. The van der Waals surface area contributed by atoms with E-state index in [2.05, 4.69) is 18.5 Å². The highest BCUT2D eigenvalue weighted by atomic mass is 19.4. The van der Waals surface area contributed by atoms with Crippen LogP contribution in [0, 0.1) is 34.0 Å². The third-order valence-electron chi connectivity index (χ3n) is 12.7. The molecule has 0 amide bonds. The Bertz CT molecular complexity index is 1520. The second kappa shape index (κ2) is 11.9. The van der Waals surface area contributed by atoms with Gasteiger partial charge in [0.2, 0.25) is 0 Å². The molecule has 2 spiro atoms. The number of allylic oxidation sites excluding steroid dienone is 2. The largest absolute Gasteiger partial charge is 0.490 e. The van der Waals surface area contributed by atoms with Crippen molar-refractivity contribution in [2.75, 3.05) is 13.6 Å². The van der Waals surface area contributed by atoms with Crippen LogP contribution >= 0.6 is 0 Å². The SMILES string of the molecule is C=C1C[C@]23C[C@H](OC(C)=O)[C@]4(O)[C@@]5(C)C[C@H](O)C[C@]46C([C@H]2[C@H]1[C@@H](OC(=O)/C(C)=C/C)[C@@H](OC(=O)/C(C)=C/C)[C@H]36)N(C)C5.O=C(O)C(F)(F)F. The van der Waals surface area contributed by atoms with E-state index in [0.29, 0.717) is 37.0 Å². The van der Waals surface area contributed by atoms with Crippen molar-refractivity contribution in [3.8, 4) is 0 Å². The number of aliphatic carboxylic acids is 1. The number of carbonyl (C=O) groups excluding carboxylic acids is 3. The van der Waals surface area contributed by atoms with Gasteiger partial charge in [-0.2, -0.15) is 13.2 Å². The average molecular weight is 698 g/mol. The maximum absolute atomic E-state index is 13.5. The van der Waals surface area contributed by atoms with E-state index in [-0.39, 0.29) is 24.3 Å². The first-order chi connectivity index (χ1) is 22.6. The van der Waals surface area contributed by atoms with E-state index >= 15 is 0 Å². The number of hydrogen-bond acceptors (Lipinski definition) is 10. The van der Waals surface area contributed by atoms with Gasteiger partial charge >= 0.3 is 30.1 Å². The molecule has 5 aliphatic carbocycles. The number of aliphatic hydroxyl groups is 2. The summed E-state index contributed by atoms with van der Waals surface area (Å²) in [6.07, 6.45) is -3.34. The fraction of sp³-hybridized carbons (Fsp3) is 0.714. The van der Waals surface area contributed by atoms with Gasteiger partial charge in [-0.15, -0.1) is 0 Å². The lowest BCUT2D eigenvalue weighted by Gasteiger charge is -2.72. The van der Waals surface area contributed by atoms with Gasteiger partial charge < -0.3 is 34.4 Å². The highest BCUT2D eigenvalue weighted by molar-refractivity contribution is 5.89. The lowest BCUT2D eigenvalue weighted by molar-refractivity contribution is -0.343. The van der Waals surface area contributed by atoms with E-state index < -0.39 is 82.2 Å². The standard InChI is InChI=1S/C33H45NO8.C2HF3O2/c1-9-16(3)28(37)41-24-22-18(5)11-31-14-21(40-19(6)35)33(39)30(7)12-20(36)13-32(33,27(23(22)31)34(8)15-30)26(31)25(24)42-29(38)17(4)10-2;3-2(4,5)1(6)7/h9-10,20-27,36,39H,5,11-15H2,1-4,6-8H3;(H,6,7)/b16-9+,17-10+;/t20-,21-,22-,23+,24+,25+,26+,27?,30-,31-,32-,33-;/m0./s1. The van der Waals surface area contributed by atoms with Crippen LogP contribution in [0.2, 0.25) is 0 Å². The van der Waals surface area contributed by atoms with E-state index in [9.17, 15) is 37.8 Å². The van der Waals surface area contributed by atoms with Crippen molar-refractivity contribution in [3.63, 3.8) is 0 Å². The van der Waals surface area contributed by atoms with Crippen LogP contribution in [-0.4, -0.2) is 99.9 Å². The Labute approximate surface area is 283 Å². The number of alkyl halides is 3. The number of carboxylic acids is 1. The van der Waals surface area contributed by atoms with E-state index in [0.717, 1.165) is 5.57 Å². The quantitative estimate of drug-likeness (QED) is 0.166. The monoisotopic (exact) mass is 697 g/mol. The predicted molar refractivity (Wildman–Crippen MR) is 166 cm³/mol. The molecule has 0 aromatic carbocycles. The third-order valence-corrected chi connectivity index (χ3v) is 12.7. The molecule has 3 N–H and O–H groups in total. The highest BCUT2D eigenvalue weighted by Gasteiger charge is 2.91. The van der Waals surface area contributed by atoms with Gasteiger partial charge in [-0.25, -0.2) is 14.4 Å². The minimum absolute atomic E-state index is 0.108. The molecule has 0 aromatic heterocycles. The van der Waals surface area contributed by atoms with Gasteiger partial charge in [-0.05, 0) is 71.8 Å². The van der Waals surface area contributed by atoms with E-state index in [1.54, 1.807) is 39.8 Å². The Morgan fingerprint density at radius 2 is 1.49 bits per heavy atom. The van der Waals surface area contributed by atoms with Gasteiger partial charge in [0.15, 0.2) is 0 Å². The normalized spacial score (nSPS) is 43.6. The van der Waals surface area contributed by atoms with Crippen molar-refractivity contribution in [1.82, 2.24) is 4.90 Å². The first-order valence-electron chi connectivity index (χ1n) is 16.5. The van der Waals surface area contributed by atoms with E-state index in [1.807, 2.05) is 6.92 Å². The van der Waals surface area contributed by atoms with E-state index in [1.165, 1.54) is 6.92 Å². The molecule has 1 aliphatic heterocycles. The first kappa shape index (κ1) is 37.0. The minimum Gasteiger partial charge on any atom is -0.475 e. The summed E-state index contributed by atoms with van der Waals surface area (Å²) in [4.78, 5) is 50.6. The molecule has 6 aliphatic rings. The number of rotatable bonds is 5. The van der Waals surface area contributed by atoms with Crippen LogP contribution in [0.4, 0.5) is 13.2 Å². The number of carboxylic acid groups (broad SMARTS) is 1. The molecule has 1 saturated heterocycles. The number of aliphatic hydroxyl groups excluding tert-OH is 1. The zero-order valence-electron chi connectivity index (χ0n) is 28.8. The molecular formula is C35H46F3NO10. The van der Waals surface area contributed by atoms with Crippen LogP contribution in [0.25, 0.3) is 0 Å². The number of carbonyl (C=O) groups is 4. The second-order valence-electron chi connectivity index (χ2n) is 15.2. The fourth-order valence-electron chi connectivity index (χ4n) is 11.4. The molecule has 11 nitrogen and oxygen atoms in total. The zero-order valence-corrected chi connectivity index (χ0v) is 28.8. The molecule has 12 atom stereocenters. The number of piperidine rings is 1. The number of ether oxygens (including phenoxy) is 3. The first-order valence-corrected chi connectivity index (χ1v) is 16.5. The Hall–Kier alpha value is -3.23. The molecule has 6 fully saturated rings. The Morgan fingerprint density at radius 3 is 1.98 bits per heavy atom. The fourth-order valence-corrected chi connectivity index (χ4v) is 11.4. The Morgan fingerprint density at radius 1 is 0.959 bits per heavy atom. The van der Waals surface area contributed by atoms with Gasteiger partial charge in [0.1, 0.15) is 23.9 Å². The van der Waals surface area contributed by atoms with Gasteiger partial charge in [0.25, 0.3) is 0 Å². The van der Waals surface area contributed by atoms with Crippen molar-refractivity contribution in [3.05, 3.63) is 35.5 Å². The maximum atomic E-state index is 13.5.